The summed E-state index contributed by atoms with van der Waals surface area (Å²) in [7, 11) is 1.81. The molecule has 0 fully saturated rings. The second kappa shape index (κ2) is 2.16. The highest BCUT2D eigenvalue weighted by atomic mass is 32.1. The largest absolute Gasteiger partial charge is 0.273 e. The molecule has 0 aliphatic carbocycles. The molecule has 0 spiro atoms. The Bertz CT molecular complexity index is 257. The topological polar surface area (TPSA) is 17.8 Å². The van der Waals surface area contributed by atoms with Gasteiger partial charge in [0.05, 0.1) is 4.90 Å². The molecule has 1 rings (SSSR count). The third-order valence-corrected chi connectivity index (χ3v) is 1.27. The first-order valence-corrected chi connectivity index (χ1v) is 2.88. The summed E-state index contributed by atoms with van der Waals surface area (Å²) in [5, 5.41) is 3.93. The van der Waals surface area contributed by atoms with Crippen molar-refractivity contribution in [3.63, 3.8) is 0 Å². The van der Waals surface area contributed by atoms with E-state index in [2.05, 4.69) is 23.6 Å². The number of aryl methyl sites for hydroxylation is 1. The molecule has 0 radical (unpaired) electrons. The maximum Gasteiger partial charge on any atom is 0.148 e. The van der Waals surface area contributed by atoms with Crippen molar-refractivity contribution >= 4 is 12.6 Å². The molecule has 0 aliphatic heterocycles. The van der Waals surface area contributed by atoms with E-state index in [4.69, 9.17) is 6.42 Å². The molecular formula is C6H6N2S. The quantitative estimate of drug-likeness (QED) is 0.412. The van der Waals surface area contributed by atoms with Crippen LogP contribution in [-0.4, -0.2) is 9.78 Å². The number of hydrogen-bond donors (Lipinski definition) is 1. The van der Waals surface area contributed by atoms with Crippen molar-refractivity contribution in [3.8, 4) is 12.3 Å². The van der Waals surface area contributed by atoms with Gasteiger partial charge in [0, 0.05) is 13.2 Å². The molecule has 0 atom stereocenters. The lowest BCUT2D eigenvalue weighted by molar-refractivity contribution is 0.763. The molecule has 0 aromatic carbocycles. The molecule has 46 valence electrons. The molecule has 0 N–H and O–H groups in total. The van der Waals surface area contributed by atoms with Gasteiger partial charge in [0.25, 0.3) is 0 Å². The van der Waals surface area contributed by atoms with Crippen molar-refractivity contribution in [2.45, 2.75) is 4.90 Å². The monoisotopic (exact) mass is 138 g/mol. The molecule has 9 heavy (non-hydrogen) atoms. The Morgan fingerprint density at radius 2 is 2.56 bits per heavy atom. The van der Waals surface area contributed by atoms with E-state index < -0.39 is 0 Å². The summed E-state index contributed by atoms with van der Waals surface area (Å²) in [4.78, 5) is 0.750. The van der Waals surface area contributed by atoms with E-state index in [1.807, 2.05) is 0 Å². The van der Waals surface area contributed by atoms with E-state index in [1.54, 1.807) is 17.9 Å². The van der Waals surface area contributed by atoms with E-state index in [1.165, 1.54) is 0 Å². The van der Waals surface area contributed by atoms with Gasteiger partial charge in [-0.3, -0.25) is 4.68 Å². The standard InChI is InChI=1S/C6H6N2S/c1-3-5-6(9)4-8(2)7-5/h1,4,9H,2H3. The van der Waals surface area contributed by atoms with E-state index in [0.717, 1.165) is 4.90 Å². The number of aromatic nitrogens is 2. The highest BCUT2D eigenvalue weighted by Crippen LogP contribution is 2.07. The Hall–Kier alpha value is -0.880. The van der Waals surface area contributed by atoms with Gasteiger partial charge in [0.2, 0.25) is 0 Å². The zero-order valence-corrected chi connectivity index (χ0v) is 5.89. The predicted octanol–water partition coefficient (Wildman–Crippen LogP) is 0.690. The van der Waals surface area contributed by atoms with Gasteiger partial charge in [0.1, 0.15) is 5.69 Å². The van der Waals surface area contributed by atoms with Crippen molar-refractivity contribution in [2.24, 2.45) is 7.05 Å². The molecular weight excluding hydrogens is 132 g/mol. The zero-order valence-electron chi connectivity index (χ0n) is 5.00. The summed E-state index contributed by atoms with van der Waals surface area (Å²) >= 11 is 4.07. The summed E-state index contributed by atoms with van der Waals surface area (Å²) < 4.78 is 1.64. The Labute approximate surface area is 59.3 Å². The van der Waals surface area contributed by atoms with Crippen LogP contribution < -0.4 is 0 Å². The molecule has 0 saturated carbocycles. The van der Waals surface area contributed by atoms with Gasteiger partial charge in [-0.15, -0.1) is 19.1 Å². The third kappa shape index (κ3) is 1.08. The van der Waals surface area contributed by atoms with Gasteiger partial charge >= 0.3 is 0 Å². The fourth-order valence-electron chi connectivity index (χ4n) is 0.579. The lowest BCUT2D eigenvalue weighted by Crippen LogP contribution is -1.86. The van der Waals surface area contributed by atoms with Crippen LogP contribution in [0.5, 0.6) is 0 Å². The second-order valence-corrected chi connectivity index (χ2v) is 2.16. The normalized spacial score (nSPS) is 9.00. The minimum absolute atomic E-state index is 0.598. The SMILES string of the molecule is C#Cc1nn(C)cc1S. The van der Waals surface area contributed by atoms with Crippen LogP contribution in [0.4, 0.5) is 0 Å². The summed E-state index contributed by atoms with van der Waals surface area (Å²) in [6.45, 7) is 0. The van der Waals surface area contributed by atoms with Gasteiger partial charge in [-0.25, -0.2) is 0 Å². The third-order valence-electron chi connectivity index (χ3n) is 0.946. The highest BCUT2D eigenvalue weighted by molar-refractivity contribution is 7.80. The smallest absolute Gasteiger partial charge is 0.148 e. The Morgan fingerprint density at radius 1 is 1.89 bits per heavy atom. The average Bonchev–Trinajstić information content (AvgIpc) is 2.10. The van der Waals surface area contributed by atoms with Crippen LogP contribution in [0.1, 0.15) is 5.69 Å². The second-order valence-electron chi connectivity index (χ2n) is 1.68. The van der Waals surface area contributed by atoms with Gasteiger partial charge in [-0.2, -0.15) is 5.10 Å². The number of hydrogen-bond acceptors (Lipinski definition) is 2. The van der Waals surface area contributed by atoms with Crippen LogP contribution in [0.2, 0.25) is 0 Å². The van der Waals surface area contributed by atoms with Crippen LogP contribution in [0.15, 0.2) is 11.1 Å². The van der Waals surface area contributed by atoms with Crippen molar-refractivity contribution in [1.29, 1.82) is 0 Å². The predicted molar refractivity (Wildman–Crippen MR) is 38.4 cm³/mol. The fraction of sp³-hybridized carbons (Fsp3) is 0.167. The van der Waals surface area contributed by atoms with Gasteiger partial charge < -0.3 is 0 Å². The highest BCUT2D eigenvalue weighted by Gasteiger charge is 1.97. The Morgan fingerprint density at radius 3 is 2.78 bits per heavy atom. The van der Waals surface area contributed by atoms with Gasteiger partial charge in [-0.1, -0.05) is 0 Å². The molecule has 3 heteroatoms. The summed E-state index contributed by atoms with van der Waals surface area (Å²) in [5.41, 5.74) is 0.598. The lowest BCUT2D eigenvalue weighted by Gasteiger charge is -1.79. The van der Waals surface area contributed by atoms with Crippen molar-refractivity contribution < 1.29 is 0 Å². The number of nitrogens with zero attached hydrogens (tertiary/aromatic N) is 2. The zero-order chi connectivity index (χ0) is 6.85. The van der Waals surface area contributed by atoms with Crippen LogP contribution in [0.3, 0.4) is 0 Å². The van der Waals surface area contributed by atoms with Gasteiger partial charge in [-0.05, 0) is 5.92 Å². The number of rotatable bonds is 0. The van der Waals surface area contributed by atoms with Crippen LogP contribution in [0.25, 0.3) is 0 Å². The first-order chi connectivity index (χ1) is 4.24. The molecule has 1 heterocycles. The molecule has 2 nitrogen and oxygen atoms in total. The fourth-order valence-corrected chi connectivity index (χ4v) is 0.855. The number of thiol groups is 1. The maximum atomic E-state index is 5.09. The first kappa shape index (κ1) is 6.24. The Kier molecular flexibility index (Phi) is 1.50. The summed E-state index contributed by atoms with van der Waals surface area (Å²) in [5.74, 6) is 2.41. The molecule has 0 saturated heterocycles. The minimum atomic E-state index is 0.598. The summed E-state index contributed by atoms with van der Waals surface area (Å²) in [6.07, 6.45) is 6.85. The molecule has 1 aromatic rings. The Balaban J connectivity index is 3.20. The van der Waals surface area contributed by atoms with Crippen LogP contribution in [0, 0.1) is 12.3 Å². The van der Waals surface area contributed by atoms with Gasteiger partial charge in [0.15, 0.2) is 0 Å². The van der Waals surface area contributed by atoms with Crippen molar-refractivity contribution in [1.82, 2.24) is 9.78 Å². The molecule has 0 bridgehead atoms. The number of terminal acetylenes is 1. The van der Waals surface area contributed by atoms with Crippen LogP contribution >= 0.6 is 12.6 Å². The molecule has 0 amide bonds. The first-order valence-electron chi connectivity index (χ1n) is 2.43. The minimum Gasteiger partial charge on any atom is -0.273 e. The van der Waals surface area contributed by atoms with Crippen LogP contribution in [-0.2, 0) is 7.05 Å². The lowest BCUT2D eigenvalue weighted by atomic mass is 10.5. The molecule has 1 aromatic heterocycles. The molecule has 0 unspecified atom stereocenters. The molecule has 0 aliphatic rings. The van der Waals surface area contributed by atoms with E-state index in [-0.39, 0.29) is 0 Å². The van der Waals surface area contributed by atoms with E-state index in [0.29, 0.717) is 5.69 Å². The maximum absolute atomic E-state index is 5.09. The summed E-state index contributed by atoms with van der Waals surface area (Å²) in [6, 6.07) is 0. The average molecular weight is 138 g/mol. The van der Waals surface area contributed by atoms with E-state index >= 15 is 0 Å². The van der Waals surface area contributed by atoms with Crippen molar-refractivity contribution in [3.05, 3.63) is 11.9 Å². The van der Waals surface area contributed by atoms with Crippen molar-refractivity contribution in [2.75, 3.05) is 0 Å². The van der Waals surface area contributed by atoms with E-state index in [9.17, 15) is 0 Å².